The van der Waals surface area contributed by atoms with Crippen LogP contribution in [0.25, 0.3) is 10.9 Å². The van der Waals surface area contributed by atoms with Crippen LogP contribution < -0.4 is 4.90 Å². The lowest BCUT2D eigenvalue weighted by Gasteiger charge is -2.28. The maximum atomic E-state index is 12.9. The first kappa shape index (κ1) is 17.9. The van der Waals surface area contributed by atoms with Gasteiger partial charge in [0.2, 0.25) is 0 Å². The van der Waals surface area contributed by atoms with Gasteiger partial charge in [-0.15, -0.1) is 0 Å². The van der Waals surface area contributed by atoms with Crippen molar-refractivity contribution in [3.63, 3.8) is 0 Å². The molecular formula is C18H22F3N3O. The molecule has 1 aromatic carbocycles. The van der Waals surface area contributed by atoms with Crippen molar-refractivity contribution >= 4 is 16.6 Å². The maximum absolute atomic E-state index is 12.9. The molecule has 4 nitrogen and oxygen atoms in total. The lowest BCUT2D eigenvalue weighted by Crippen LogP contribution is -2.37. The number of rotatable bonds is 5. The molecule has 0 spiro atoms. The van der Waals surface area contributed by atoms with Crippen molar-refractivity contribution in [1.82, 2.24) is 9.88 Å². The van der Waals surface area contributed by atoms with Gasteiger partial charge in [-0.3, -0.25) is 9.88 Å². The van der Waals surface area contributed by atoms with Crippen LogP contribution in [0, 0.1) is 0 Å². The van der Waals surface area contributed by atoms with Gasteiger partial charge in [-0.25, -0.2) is 0 Å². The van der Waals surface area contributed by atoms with Crippen molar-refractivity contribution in [1.29, 1.82) is 0 Å². The number of morpholine rings is 1. The van der Waals surface area contributed by atoms with E-state index in [4.69, 9.17) is 4.74 Å². The normalized spacial score (nSPS) is 16.3. The Balaban J connectivity index is 1.69. The fraction of sp³-hybridized carbons (Fsp3) is 0.500. The number of alkyl halides is 3. The molecule has 1 aliphatic rings. The number of hydrogen-bond donors (Lipinski definition) is 0. The number of benzene rings is 1. The number of ether oxygens (including phenoxy) is 1. The van der Waals surface area contributed by atoms with E-state index < -0.39 is 11.7 Å². The van der Waals surface area contributed by atoms with Gasteiger partial charge >= 0.3 is 6.18 Å². The van der Waals surface area contributed by atoms with E-state index in [0.717, 1.165) is 69.0 Å². The first-order chi connectivity index (χ1) is 11.9. The Morgan fingerprint density at radius 3 is 2.68 bits per heavy atom. The smallest absolute Gasteiger partial charge is 0.379 e. The second-order valence-corrected chi connectivity index (χ2v) is 6.29. The molecule has 1 fully saturated rings. The molecule has 1 aliphatic heterocycles. The molecule has 0 N–H and O–H groups in total. The van der Waals surface area contributed by atoms with E-state index in [2.05, 4.69) is 14.8 Å². The Morgan fingerprint density at radius 2 is 1.96 bits per heavy atom. The van der Waals surface area contributed by atoms with E-state index in [0.29, 0.717) is 5.52 Å². The van der Waals surface area contributed by atoms with Crippen LogP contribution in [0.5, 0.6) is 0 Å². The summed E-state index contributed by atoms with van der Waals surface area (Å²) in [5.41, 5.74) is 0.604. The van der Waals surface area contributed by atoms with Crippen molar-refractivity contribution in [2.45, 2.75) is 12.6 Å². The third kappa shape index (κ3) is 4.41. The summed E-state index contributed by atoms with van der Waals surface area (Å²) < 4.78 is 43.9. The SMILES string of the molecule is CN(CCCN1CCOCC1)c1ccnc2cc(C(F)(F)F)ccc12. The van der Waals surface area contributed by atoms with E-state index in [1.165, 1.54) is 6.07 Å². The molecule has 136 valence electrons. The summed E-state index contributed by atoms with van der Waals surface area (Å²) in [6.07, 6.45) is -1.80. The Morgan fingerprint density at radius 1 is 1.20 bits per heavy atom. The average Bonchev–Trinajstić information content (AvgIpc) is 2.60. The largest absolute Gasteiger partial charge is 0.416 e. The Bertz CT molecular complexity index is 714. The van der Waals surface area contributed by atoms with Crippen molar-refractivity contribution in [3.8, 4) is 0 Å². The maximum Gasteiger partial charge on any atom is 0.416 e. The molecule has 0 aliphatic carbocycles. The van der Waals surface area contributed by atoms with Gasteiger partial charge in [0.1, 0.15) is 0 Å². The molecule has 1 saturated heterocycles. The van der Waals surface area contributed by atoms with Crippen LogP contribution in [0.4, 0.5) is 18.9 Å². The monoisotopic (exact) mass is 353 g/mol. The zero-order valence-corrected chi connectivity index (χ0v) is 14.2. The molecule has 7 heteroatoms. The van der Waals surface area contributed by atoms with E-state index in [-0.39, 0.29) is 0 Å². The highest BCUT2D eigenvalue weighted by molar-refractivity contribution is 5.91. The van der Waals surface area contributed by atoms with Crippen LogP contribution in [0.15, 0.2) is 30.5 Å². The minimum absolute atomic E-state index is 0.368. The minimum atomic E-state index is -4.35. The molecule has 0 unspecified atom stereocenters. The predicted molar refractivity (Wildman–Crippen MR) is 91.9 cm³/mol. The van der Waals surface area contributed by atoms with Crippen LogP contribution in [0.3, 0.4) is 0 Å². The summed E-state index contributed by atoms with van der Waals surface area (Å²) in [5, 5.41) is 0.740. The van der Waals surface area contributed by atoms with Gasteiger partial charge in [0.25, 0.3) is 0 Å². The summed E-state index contributed by atoms with van der Waals surface area (Å²) in [7, 11) is 1.96. The van der Waals surface area contributed by atoms with E-state index in [1.54, 1.807) is 6.20 Å². The lowest BCUT2D eigenvalue weighted by molar-refractivity contribution is -0.137. The third-order valence-electron chi connectivity index (χ3n) is 4.53. The zero-order chi connectivity index (χ0) is 17.9. The Hall–Kier alpha value is -1.86. The van der Waals surface area contributed by atoms with E-state index >= 15 is 0 Å². The average molecular weight is 353 g/mol. The number of nitrogens with zero attached hydrogens (tertiary/aromatic N) is 3. The second-order valence-electron chi connectivity index (χ2n) is 6.29. The van der Waals surface area contributed by atoms with Gasteiger partial charge < -0.3 is 9.64 Å². The van der Waals surface area contributed by atoms with Crippen molar-refractivity contribution < 1.29 is 17.9 Å². The first-order valence-electron chi connectivity index (χ1n) is 8.42. The highest BCUT2D eigenvalue weighted by Crippen LogP contribution is 2.33. The molecule has 0 atom stereocenters. The third-order valence-corrected chi connectivity index (χ3v) is 4.53. The zero-order valence-electron chi connectivity index (χ0n) is 14.2. The fourth-order valence-electron chi connectivity index (χ4n) is 3.12. The number of halogens is 3. The van der Waals surface area contributed by atoms with Gasteiger partial charge in [-0.05, 0) is 24.6 Å². The highest BCUT2D eigenvalue weighted by atomic mass is 19.4. The van der Waals surface area contributed by atoms with Crippen LogP contribution in [-0.4, -0.2) is 56.3 Å². The molecule has 2 heterocycles. The molecule has 0 radical (unpaired) electrons. The first-order valence-corrected chi connectivity index (χ1v) is 8.42. The fourth-order valence-corrected chi connectivity index (χ4v) is 3.12. The van der Waals surface area contributed by atoms with Crippen LogP contribution in [0.1, 0.15) is 12.0 Å². The van der Waals surface area contributed by atoms with Gasteiger partial charge in [-0.1, -0.05) is 6.07 Å². The van der Waals surface area contributed by atoms with E-state index in [9.17, 15) is 13.2 Å². The molecule has 1 aromatic heterocycles. The van der Waals surface area contributed by atoms with Crippen LogP contribution in [-0.2, 0) is 10.9 Å². The molecule has 0 saturated carbocycles. The predicted octanol–water partition coefficient (Wildman–Crippen LogP) is 3.41. The summed E-state index contributed by atoms with van der Waals surface area (Å²) in [6, 6.07) is 5.60. The van der Waals surface area contributed by atoms with Gasteiger partial charge in [0, 0.05) is 50.5 Å². The Kier molecular flexibility index (Phi) is 5.44. The quantitative estimate of drug-likeness (QED) is 0.824. The van der Waals surface area contributed by atoms with Crippen molar-refractivity contribution in [3.05, 3.63) is 36.0 Å². The Labute approximate surface area is 145 Å². The van der Waals surface area contributed by atoms with E-state index in [1.807, 2.05) is 13.1 Å². The number of anilines is 1. The van der Waals surface area contributed by atoms with Crippen LogP contribution in [0.2, 0.25) is 0 Å². The molecule has 2 aromatic rings. The van der Waals surface area contributed by atoms with Crippen LogP contribution >= 0.6 is 0 Å². The summed E-state index contributed by atoms with van der Waals surface area (Å²) in [4.78, 5) is 8.56. The summed E-state index contributed by atoms with van der Waals surface area (Å²) in [5.74, 6) is 0. The molecule has 25 heavy (non-hydrogen) atoms. The lowest BCUT2D eigenvalue weighted by atomic mass is 10.1. The summed E-state index contributed by atoms with van der Waals surface area (Å²) >= 11 is 0. The standard InChI is InChI=1S/C18H22F3N3O/c1-23(7-2-8-24-9-11-25-12-10-24)17-5-6-22-16-13-14(18(19,20)21)3-4-15(16)17/h3-6,13H,2,7-12H2,1H3. The highest BCUT2D eigenvalue weighted by Gasteiger charge is 2.30. The van der Waals surface area contributed by atoms with Gasteiger partial charge in [-0.2, -0.15) is 13.2 Å². The topological polar surface area (TPSA) is 28.6 Å². The number of aromatic nitrogens is 1. The minimum Gasteiger partial charge on any atom is -0.379 e. The summed E-state index contributed by atoms with van der Waals surface area (Å²) in [6.45, 7) is 5.31. The van der Waals surface area contributed by atoms with Crippen molar-refractivity contribution in [2.75, 3.05) is 51.3 Å². The molecule has 0 amide bonds. The molecule has 3 rings (SSSR count). The van der Waals surface area contributed by atoms with Crippen molar-refractivity contribution in [2.24, 2.45) is 0 Å². The number of pyridine rings is 1. The van der Waals surface area contributed by atoms with Gasteiger partial charge in [0.15, 0.2) is 0 Å². The second kappa shape index (κ2) is 7.58. The number of fused-ring (bicyclic) bond motifs is 1. The molecule has 0 bridgehead atoms. The molecular weight excluding hydrogens is 331 g/mol. The van der Waals surface area contributed by atoms with Gasteiger partial charge in [0.05, 0.1) is 24.3 Å². The number of hydrogen-bond acceptors (Lipinski definition) is 4.